The Kier molecular flexibility index (Phi) is 4.01. The summed E-state index contributed by atoms with van der Waals surface area (Å²) in [5.41, 5.74) is 0.826. The third kappa shape index (κ3) is 3.55. The predicted octanol–water partition coefficient (Wildman–Crippen LogP) is 4.33. The maximum absolute atomic E-state index is 12.6. The zero-order chi connectivity index (χ0) is 13.3. The summed E-state index contributed by atoms with van der Waals surface area (Å²) >= 11 is 3.01. The monoisotopic (exact) mass is 318 g/mol. The summed E-state index contributed by atoms with van der Waals surface area (Å²) in [5.74, 6) is -4.92. The molecule has 1 rings (SSSR count). The van der Waals surface area contributed by atoms with Gasteiger partial charge in [-0.1, -0.05) is 6.07 Å². The number of aryl methyl sites for hydroxylation is 1. The Morgan fingerprint density at radius 2 is 1.76 bits per heavy atom. The Balaban J connectivity index is 2.74. The third-order valence-electron chi connectivity index (χ3n) is 1.91. The number of alkyl halides is 5. The minimum absolute atomic E-state index is 0.0560. The number of benzene rings is 1. The zero-order valence-corrected chi connectivity index (χ0v) is 10.2. The molecule has 0 heterocycles. The Morgan fingerprint density at radius 3 is 2.24 bits per heavy atom. The van der Waals surface area contributed by atoms with Crippen molar-refractivity contribution in [1.82, 2.24) is 0 Å². The highest BCUT2D eigenvalue weighted by Gasteiger charge is 2.58. The van der Waals surface area contributed by atoms with Crippen LogP contribution >= 0.6 is 15.9 Å². The first kappa shape index (κ1) is 14.2. The molecule has 0 amide bonds. The first-order chi connectivity index (χ1) is 7.63. The van der Waals surface area contributed by atoms with E-state index in [4.69, 9.17) is 0 Å². The smallest absolute Gasteiger partial charge is 0.456 e. The van der Waals surface area contributed by atoms with Crippen molar-refractivity contribution in [3.8, 4) is 5.75 Å². The van der Waals surface area contributed by atoms with Gasteiger partial charge >= 0.3 is 12.1 Å². The second kappa shape index (κ2) is 4.80. The number of hydrogen-bond donors (Lipinski definition) is 0. The van der Waals surface area contributed by atoms with Gasteiger partial charge in [0.2, 0.25) is 0 Å². The van der Waals surface area contributed by atoms with E-state index in [-0.39, 0.29) is 5.75 Å². The lowest BCUT2D eigenvalue weighted by Crippen LogP contribution is -2.41. The minimum Gasteiger partial charge on any atom is -0.486 e. The molecule has 0 aromatic heterocycles. The molecule has 0 bridgehead atoms. The molecule has 17 heavy (non-hydrogen) atoms. The van der Waals surface area contributed by atoms with Crippen molar-refractivity contribution in [1.29, 1.82) is 0 Å². The van der Waals surface area contributed by atoms with Gasteiger partial charge in [0, 0.05) is 0 Å². The Morgan fingerprint density at radius 1 is 1.18 bits per heavy atom. The fraction of sp³-hybridized carbons (Fsp3) is 0.400. The van der Waals surface area contributed by atoms with Gasteiger partial charge < -0.3 is 4.74 Å². The van der Waals surface area contributed by atoms with Crippen molar-refractivity contribution in [2.45, 2.75) is 19.0 Å². The normalized spacial score (nSPS) is 12.6. The maximum atomic E-state index is 12.6. The van der Waals surface area contributed by atoms with Crippen molar-refractivity contribution >= 4 is 15.9 Å². The molecule has 0 N–H and O–H groups in total. The molecule has 0 saturated carbocycles. The van der Waals surface area contributed by atoms with Crippen molar-refractivity contribution in [3.05, 3.63) is 28.2 Å². The molecule has 0 fully saturated rings. The second-order valence-corrected chi connectivity index (χ2v) is 4.28. The minimum atomic E-state index is -5.61. The highest BCUT2D eigenvalue weighted by atomic mass is 79.9. The van der Waals surface area contributed by atoms with E-state index in [1.54, 1.807) is 19.1 Å². The molecule has 0 radical (unpaired) electrons. The maximum Gasteiger partial charge on any atom is 0.456 e. The largest absolute Gasteiger partial charge is 0.486 e. The third-order valence-corrected chi connectivity index (χ3v) is 2.53. The summed E-state index contributed by atoms with van der Waals surface area (Å²) in [6, 6.07) is 4.43. The molecule has 0 aliphatic heterocycles. The van der Waals surface area contributed by atoms with Gasteiger partial charge in [0.05, 0.1) is 4.47 Å². The Labute approximate surface area is 103 Å². The summed E-state index contributed by atoms with van der Waals surface area (Å²) in [6.07, 6.45) is -5.61. The Hall–Kier alpha value is -0.850. The van der Waals surface area contributed by atoms with Crippen LogP contribution in [0.25, 0.3) is 0 Å². The van der Waals surface area contributed by atoms with Crippen molar-refractivity contribution < 1.29 is 26.7 Å². The lowest BCUT2D eigenvalue weighted by atomic mass is 10.2. The van der Waals surface area contributed by atoms with E-state index in [9.17, 15) is 22.0 Å². The van der Waals surface area contributed by atoms with E-state index < -0.39 is 18.7 Å². The van der Waals surface area contributed by atoms with Gasteiger partial charge in [0.15, 0.2) is 6.61 Å². The fourth-order valence-electron chi connectivity index (χ4n) is 0.973. The molecule has 0 saturated heterocycles. The van der Waals surface area contributed by atoms with Crippen LogP contribution in [0.1, 0.15) is 5.56 Å². The summed E-state index contributed by atoms with van der Waals surface area (Å²) in [6.45, 7) is 0.0109. The van der Waals surface area contributed by atoms with Crippen LogP contribution in [0.4, 0.5) is 22.0 Å². The van der Waals surface area contributed by atoms with Crippen LogP contribution < -0.4 is 4.74 Å². The summed E-state index contributed by atoms with van der Waals surface area (Å²) < 4.78 is 65.5. The van der Waals surface area contributed by atoms with Crippen LogP contribution in [0.15, 0.2) is 22.7 Å². The zero-order valence-electron chi connectivity index (χ0n) is 8.62. The lowest BCUT2D eigenvalue weighted by molar-refractivity contribution is -0.290. The molecule has 7 heteroatoms. The van der Waals surface area contributed by atoms with Gasteiger partial charge in [-0.05, 0) is 40.5 Å². The molecule has 0 spiro atoms. The van der Waals surface area contributed by atoms with E-state index in [1.165, 1.54) is 6.07 Å². The predicted molar refractivity (Wildman–Crippen MR) is 55.4 cm³/mol. The average molecular weight is 319 g/mol. The van der Waals surface area contributed by atoms with Gasteiger partial charge in [-0.15, -0.1) is 0 Å². The molecule has 1 aromatic carbocycles. The van der Waals surface area contributed by atoms with E-state index in [1.807, 2.05) is 0 Å². The molecule has 0 aliphatic rings. The number of rotatable bonds is 3. The number of ether oxygens (including phenoxy) is 1. The molecule has 96 valence electrons. The average Bonchev–Trinajstić information content (AvgIpc) is 2.14. The molecular weight excluding hydrogens is 311 g/mol. The van der Waals surface area contributed by atoms with Crippen LogP contribution in [0.3, 0.4) is 0 Å². The number of hydrogen-bond acceptors (Lipinski definition) is 1. The first-order valence-electron chi connectivity index (χ1n) is 4.47. The van der Waals surface area contributed by atoms with Crippen molar-refractivity contribution in [3.63, 3.8) is 0 Å². The molecule has 0 aliphatic carbocycles. The van der Waals surface area contributed by atoms with Crippen LogP contribution in [0.2, 0.25) is 0 Å². The van der Waals surface area contributed by atoms with E-state index in [0.717, 1.165) is 5.56 Å². The summed E-state index contributed by atoms with van der Waals surface area (Å²) in [4.78, 5) is 0. The van der Waals surface area contributed by atoms with E-state index in [2.05, 4.69) is 20.7 Å². The van der Waals surface area contributed by atoms with Crippen molar-refractivity contribution in [2.24, 2.45) is 0 Å². The van der Waals surface area contributed by atoms with Gasteiger partial charge in [0.1, 0.15) is 5.75 Å². The highest BCUT2D eigenvalue weighted by molar-refractivity contribution is 9.10. The lowest BCUT2D eigenvalue weighted by Gasteiger charge is -2.20. The summed E-state index contributed by atoms with van der Waals surface area (Å²) in [5, 5.41) is 0. The topological polar surface area (TPSA) is 9.23 Å². The van der Waals surface area contributed by atoms with E-state index >= 15 is 0 Å². The quantitative estimate of drug-likeness (QED) is 0.754. The van der Waals surface area contributed by atoms with Crippen LogP contribution in [0, 0.1) is 6.92 Å². The fourth-order valence-corrected chi connectivity index (χ4v) is 1.58. The molecule has 1 nitrogen and oxygen atoms in total. The van der Waals surface area contributed by atoms with Gasteiger partial charge in [-0.2, -0.15) is 22.0 Å². The highest BCUT2D eigenvalue weighted by Crippen LogP contribution is 2.36. The summed E-state index contributed by atoms with van der Waals surface area (Å²) in [7, 11) is 0. The Bertz CT molecular complexity index is 402. The van der Waals surface area contributed by atoms with Gasteiger partial charge in [0.25, 0.3) is 0 Å². The van der Waals surface area contributed by atoms with Crippen LogP contribution in [0.5, 0.6) is 5.75 Å². The standard InChI is InChI=1S/C10H8BrF5O/c1-6-2-3-8(7(11)4-6)17-5-9(12,13)10(14,15)16/h2-4H,5H2,1H3. The van der Waals surface area contributed by atoms with Crippen LogP contribution in [-0.2, 0) is 0 Å². The first-order valence-corrected chi connectivity index (χ1v) is 5.26. The number of halogens is 6. The van der Waals surface area contributed by atoms with Gasteiger partial charge in [-0.25, -0.2) is 0 Å². The molecule has 0 unspecified atom stereocenters. The van der Waals surface area contributed by atoms with Crippen LogP contribution in [-0.4, -0.2) is 18.7 Å². The molecular formula is C10H8BrF5O. The molecule has 0 atom stereocenters. The van der Waals surface area contributed by atoms with E-state index in [0.29, 0.717) is 4.47 Å². The second-order valence-electron chi connectivity index (χ2n) is 3.42. The van der Waals surface area contributed by atoms with Gasteiger partial charge in [-0.3, -0.25) is 0 Å². The molecule has 1 aromatic rings. The SMILES string of the molecule is Cc1ccc(OCC(F)(F)C(F)(F)F)c(Br)c1. The van der Waals surface area contributed by atoms with Crippen molar-refractivity contribution in [2.75, 3.05) is 6.61 Å².